The predicted octanol–water partition coefficient (Wildman–Crippen LogP) is 2.94. The zero-order valence-electron chi connectivity index (χ0n) is 8.14. The molecule has 0 aliphatic heterocycles. The van der Waals surface area contributed by atoms with Crippen molar-refractivity contribution >= 4 is 15.7 Å². The van der Waals surface area contributed by atoms with E-state index in [9.17, 15) is 8.42 Å². The summed E-state index contributed by atoms with van der Waals surface area (Å²) in [6.07, 6.45) is 0. The van der Waals surface area contributed by atoms with Gasteiger partial charge in [0, 0.05) is 20.0 Å². The van der Waals surface area contributed by atoms with Gasteiger partial charge in [-0.1, -0.05) is 11.2 Å². The Hall–Kier alpha value is -2.21. The Kier molecular flexibility index (Phi) is 3.37. The summed E-state index contributed by atoms with van der Waals surface area (Å²) >= 11 is 0. The van der Waals surface area contributed by atoms with Crippen LogP contribution in [0, 0.1) is 6.92 Å². The van der Waals surface area contributed by atoms with Crippen LogP contribution in [0.5, 0.6) is 0 Å². The number of nitrogens with zero attached hydrogens (tertiary/aromatic N) is 6. The summed E-state index contributed by atoms with van der Waals surface area (Å²) in [5.41, 5.74) is 17.2. The predicted molar refractivity (Wildman–Crippen MR) is 56.3 cm³/mol. The smallest absolute Gasteiger partial charge is 0.216 e. The number of aryl methyl sites for hydroxylation is 1. The molecular formula is C7H6N6O2S. The molecule has 0 aromatic heterocycles. The summed E-state index contributed by atoms with van der Waals surface area (Å²) in [5, 5.41) is 3.32. The number of sulfonamides is 1. The Morgan fingerprint density at radius 3 is 2.50 bits per heavy atom. The highest BCUT2D eigenvalue weighted by Gasteiger charge is 2.12. The van der Waals surface area contributed by atoms with Crippen molar-refractivity contribution in [2.24, 2.45) is 9.63 Å². The Bertz CT molecular complexity index is 610. The largest absolute Gasteiger partial charge is 0.264 e. The summed E-state index contributed by atoms with van der Waals surface area (Å²) in [6.45, 7) is 1.66. The number of hydrogen-bond donors (Lipinski definition) is 0. The molecule has 16 heavy (non-hydrogen) atoms. The van der Waals surface area contributed by atoms with Crippen LogP contribution in [0.15, 0.2) is 32.7 Å². The lowest BCUT2D eigenvalue weighted by atomic mass is 10.2. The SMILES string of the molecule is Cc1ccc(S(=O)(=O)N=[N+]=[N-])cc1N=[N+]=[N-]. The summed E-state index contributed by atoms with van der Waals surface area (Å²) in [7, 11) is -4.04. The summed E-state index contributed by atoms with van der Waals surface area (Å²) in [6, 6.07) is 3.89. The van der Waals surface area contributed by atoms with E-state index in [1.165, 1.54) is 12.1 Å². The first kappa shape index (κ1) is 11.9. The minimum Gasteiger partial charge on any atom is -0.216 e. The van der Waals surface area contributed by atoms with Gasteiger partial charge in [0.15, 0.2) is 0 Å². The second kappa shape index (κ2) is 4.54. The quantitative estimate of drug-likeness (QED) is 0.455. The van der Waals surface area contributed by atoms with Crippen LogP contribution in [-0.2, 0) is 10.0 Å². The third-order valence-corrected chi connectivity index (χ3v) is 2.91. The average molecular weight is 238 g/mol. The van der Waals surface area contributed by atoms with Crippen molar-refractivity contribution in [3.8, 4) is 0 Å². The first-order valence-corrected chi connectivity index (χ1v) is 5.42. The lowest BCUT2D eigenvalue weighted by molar-refractivity contribution is 0.597. The standard InChI is InChI=1S/C7H6N6O2S/c1-5-2-3-6(4-7(5)10-11-8)16(14,15)13-12-9/h2-4H,1H3. The van der Waals surface area contributed by atoms with Crippen LogP contribution < -0.4 is 0 Å². The highest BCUT2D eigenvalue weighted by Crippen LogP contribution is 2.24. The number of rotatable bonds is 3. The maximum absolute atomic E-state index is 11.3. The normalized spacial score (nSPS) is 10.1. The third-order valence-electron chi connectivity index (χ3n) is 1.77. The Morgan fingerprint density at radius 1 is 1.25 bits per heavy atom. The molecule has 0 aliphatic carbocycles. The Balaban J connectivity index is 3.44. The first-order valence-electron chi connectivity index (χ1n) is 3.98. The Labute approximate surface area is 90.8 Å². The molecule has 82 valence electrons. The molecule has 0 amide bonds. The van der Waals surface area contributed by atoms with Crippen molar-refractivity contribution in [1.29, 1.82) is 0 Å². The minimum absolute atomic E-state index is 0.178. The summed E-state index contributed by atoms with van der Waals surface area (Å²) < 4.78 is 25.4. The van der Waals surface area contributed by atoms with Gasteiger partial charge in [-0.2, -0.15) is 0 Å². The highest BCUT2D eigenvalue weighted by atomic mass is 32.2. The van der Waals surface area contributed by atoms with Gasteiger partial charge in [0.05, 0.1) is 4.90 Å². The summed E-state index contributed by atoms with van der Waals surface area (Å²) in [4.78, 5) is 4.57. The molecule has 0 saturated carbocycles. The van der Waals surface area contributed by atoms with Crippen molar-refractivity contribution in [3.05, 3.63) is 44.6 Å². The molecule has 0 N–H and O–H groups in total. The van der Waals surface area contributed by atoms with Gasteiger partial charge < -0.3 is 0 Å². The molecule has 1 aromatic rings. The van der Waals surface area contributed by atoms with E-state index in [4.69, 9.17) is 11.1 Å². The molecule has 0 heterocycles. The maximum Gasteiger partial charge on any atom is 0.264 e. The number of hydrogen-bond acceptors (Lipinski definition) is 3. The lowest BCUT2D eigenvalue weighted by Gasteiger charge is -2.01. The van der Waals surface area contributed by atoms with Crippen LogP contribution in [0.2, 0.25) is 0 Å². The van der Waals surface area contributed by atoms with E-state index < -0.39 is 10.0 Å². The van der Waals surface area contributed by atoms with Crippen molar-refractivity contribution in [1.82, 2.24) is 0 Å². The van der Waals surface area contributed by atoms with Gasteiger partial charge in [0.2, 0.25) is 0 Å². The van der Waals surface area contributed by atoms with Gasteiger partial charge >= 0.3 is 0 Å². The van der Waals surface area contributed by atoms with E-state index in [2.05, 4.69) is 19.5 Å². The van der Waals surface area contributed by atoms with Gasteiger partial charge in [-0.25, -0.2) is 8.42 Å². The van der Waals surface area contributed by atoms with Crippen LogP contribution in [0.4, 0.5) is 5.69 Å². The maximum atomic E-state index is 11.3. The molecule has 0 fully saturated rings. The molecule has 0 atom stereocenters. The molecule has 0 radical (unpaired) electrons. The van der Waals surface area contributed by atoms with Crippen LogP contribution in [0.3, 0.4) is 0 Å². The van der Waals surface area contributed by atoms with Gasteiger partial charge in [-0.05, 0) is 35.7 Å². The summed E-state index contributed by atoms with van der Waals surface area (Å²) in [5.74, 6) is 0. The lowest BCUT2D eigenvalue weighted by Crippen LogP contribution is -1.95. The van der Waals surface area contributed by atoms with Gasteiger partial charge in [0.1, 0.15) is 0 Å². The fourth-order valence-corrected chi connectivity index (χ4v) is 1.69. The van der Waals surface area contributed by atoms with E-state index in [1.54, 1.807) is 6.92 Å². The molecule has 0 unspecified atom stereocenters. The fraction of sp³-hybridized carbons (Fsp3) is 0.143. The first-order chi connectivity index (χ1) is 7.51. The van der Waals surface area contributed by atoms with Crippen molar-refractivity contribution in [2.45, 2.75) is 11.8 Å². The van der Waals surface area contributed by atoms with Gasteiger partial charge in [-0.15, -0.1) is 0 Å². The van der Waals surface area contributed by atoms with Gasteiger partial charge in [0.25, 0.3) is 10.0 Å². The second-order valence-electron chi connectivity index (χ2n) is 2.78. The van der Waals surface area contributed by atoms with E-state index >= 15 is 0 Å². The molecule has 0 aliphatic rings. The van der Waals surface area contributed by atoms with E-state index in [-0.39, 0.29) is 10.6 Å². The monoisotopic (exact) mass is 238 g/mol. The van der Waals surface area contributed by atoms with Crippen LogP contribution in [-0.4, -0.2) is 8.42 Å². The van der Waals surface area contributed by atoms with Gasteiger partial charge in [-0.3, -0.25) is 0 Å². The number of benzene rings is 1. The average Bonchev–Trinajstić information content (AvgIpc) is 2.21. The molecule has 0 spiro atoms. The molecular weight excluding hydrogens is 232 g/mol. The molecule has 9 heteroatoms. The molecule has 0 saturated heterocycles. The van der Waals surface area contributed by atoms with Crippen LogP contribution in [0.1, 0.15) is 5.56 Å². The minimum atomic E-state index is -4.04. The van der Waals surface area contributed by atoms with E-state index in [0.717, 1.165) is 6.07 Å². The van der Waals surface area contributed by atoms with Crippen molar-refractivity contribution < 1.29 is 8.42 Å². The topological polar surface area (TPSA) is 132 Å². The van der Waals surface area contributed by atoms with E-state index in [1.807, 2.05) is 0 Å². The second-order valence-corrected chi connectivity index (χ2v) is 4.37. The molecule has 1 rings (SSSR count). The highest BCUT2D eigenvalue weighted by molar-refractivity contribution is 7.90. The zero-order chi connectivity index (χ0) is 12.2. The third kappa shape index (κ3) is 2.43. The van der Waals surface area contributed by atoms with Crippen LogP contribution in [0.25, 0.3) is 20.9 Å². The molecule has 0 bridgehead atoms. The van der Waals surface area contributed by atoms with Crippen molar-refractivity contribution in [3.63, 3.8) is 0 Å². The molecule has 8 nitrogen and oxygen atoms in total. The van der Waals surface area contributed by atoms with Crippen molar-refractivity contribution in [2.75, 3.05) is 0 Å². The Morgan fingerprint density at radius 2 is 1.94 bits per heavy atom. The number of azide groups is 2. The van der Waals surface area contributed by atoms with Crippen LogP contribution >= 0.6 is 0 Å². The zero-order valence-corrected chi connectivity index (χ0v) is 8.96. The fourth-order valence-electron chi connectivity index (χ4n) is 1.00. The molecule has 1 aromatic carbocycles. The van der Waals surface area contributed by atoms with E-state index in [0.29, 0.717) is 5.56 Å².